The van der Waals surface area contributed by atoms with E-state index in [1.54, 1.807) is 0 Å². The first kappa shape index (κ1) is 18.1. The molecule has 2 aliphatic rings. The van der Waals surface area contributed by atoms with Crippen LogP contribution in [0.25, 0.3) is 0 Å². The van der Waals surface area contributed by atoms with Gasteiger partial charge in [-0.05, 0) is 57.0 Å². The van der Waals surface area contributed by atoms with Crippen LogP contribution in [-0.2, 0) is 17.8 Å². The smallest absolute Gasteiger partial charge is 0.0723 e. The average molecular weight is 372 g/mol. The number of nitrogens with zero attached hydrogens (tertiary/aromatic N) is 3. The van der Waals surface area contributed by atoms with Gasteiger partial charge in [0.05, 0.1) is 12.2 Å². The second-order valence-corrected chi connectivity index (χ2v) is 9.29. The van der Waals surface area contributed by atoms with Crippen LogP contribution in [0.1, 0.15) is 34.6 Å². The SMILES string of the molecule is Cc1ccc(CN2CCC3(CC2)CC(N(C)Cc2cccnc2)CO3)s1. The average Bonchev–Trinajstić information content (AvgIpc) is 3.25. The minimum Gasteiger partial charge on any atom is -0.373 e. The summed E-state index contributed by atoms with van der Waals surface area (Å²) in [6.45, 7) is 7.39. The van der Waals surface area contributed by atoms with Crippen LogP contribution in [0.5, 0.6) is 0 Å². The lowest BCUT2D eigenvalue weighted by Crippen LogP contribution is -2.44. The Morgan fingerprint density at radius 3 is 2.85 bits per heavy atom. The van der Waals surface area contributed by atoms with E-state index in [2.05, 4.69) is 47.0 Å². The molecule has 5 heteroatoms. The molecule has 4 nitrogen and oxygen atoms in total. The Kier molecular flexibility index (Phi) is 5.41. The minimum atomic E-state index is 0.107. The van der Waals surface area contributed by atoms with E-state index < -0.39 is 0 Å². The van der Waals surface area contributed by atoms with Crippen molar-refractivity contribution in [3.8, 4) is 0 Å². The highest BCUT2D eigenvalue weighted by Gasteiger charge is 2.43. The van der Waals surface area contributed by atoms with Gasteiger partial charge in [0, 0.05) is 54.4 Å². The van der Waals surface area contributed by atoms with Gasteiger partial charge in [-0.2, -0.15) is 0 Å². The van der Waals surface area contributed by atoms with E-state index in [4.69, 9.17) is 4.74 Å². The summed E-state index contributed by atoms with van der Waals surface area (Å²) in [7, 11) is 2.22. The highest BCUT2D eigenvalue weighted by molar-refractivity contribution is 7.11. The predicted octanol–water partition coefficient (Wildman–Crippen LogP) is 3.71. The zero-order valence-corrected chi connectivity index (χ0v) is 16.7. The number of aromatic nitrogens is 1. The van der Waals surface area contributed by atoms with Crippen molar-refractivity contribution < 1.29 is 4.74 Å². The third kappa shape index (κ3) is 4.17. The number of ether oxygens (including phenoxy) is 1. The maximum Gasteiger partial charge on any atom is 0.0723 e. The van der Waals surface area contributed by atoms with E-state index in [1.807, 2.05) is 29.8 Å². The lowest BCUT2D eigenvalue weighted by Gasteiger charge is -2.38. The van der Waals surface area contributed by atoms with E-state index in [-0.39, 0.29) is 5.60 Å². The Labute approximate surface area is 160 Å². The van der Waals surface area contributed by atoms with Crippen LogP contribution in [0.3, 0.4) is 0 Å². The number of likely N-dealkylation sites (tertiary alicyclic amines) is 1. The highest BCUT2D eigenvalue weighted by atomic mass is 32.1. The monoisotopic (exact) mass is 371 g/mol. The molecule has 140 valence electrons. The van der Waals surface area contributed by atoms with Crippen LogP contribution >= 0.6 is 11.3 Å². The second kappa shape index (κ2) is 7.77. The molecule has 0 amide bonds. The summed E-state index contributed by atoms with van der Waals surface area (Å²) in [5.74, 6) is 0. The number of likely N-dealkylation sites (N-methyl/N-ethyl adjacent to an activating group) is 1. The van der Waals surface area contributed by atoms with Crippen molar-refractivity contribution in [2.75, 3.05) is 26.7 Å². The molecule has 2 saturated heterocycles. The first-order valence-electron chi connectivity index (χ1n) is 9.63. The van der Waals surface area contributed by atoms with E-state index in [1.165, 1.54) is 15.3 Å². The normalized spacial score (nSPS) is 23.1. The summed E-state index contributed by atoms with van der Waals surface area (Å²) >= 11 is 1.93. The molecule has 2 aliphatic heterocycles. The van der Waals surface area contributed by atoms with Gasteiger partial charge < -0.3 is 4.74 Å². The van der Waals surface area contributed by atoms with Crippen LogP contribution in [0.2, 0.25) is 0 Å². The molecule has 1 unspecified atom stereocenters. The van der Waals surface area contributed by atoms with E-state index in [9.17, 15) is 0 Å². The number of rotatable bonds is 5. The van der Waals surface area contributed by atoms with Gasteiger partial charge in [0.1, 0.15) is 0 Å². The number of hydrogen-bond acceptors (Lipinski definition) is 5. The van der Waals surface area contributed by atoms with Crippen molar-refractivity contribution in [1.82, 2.24) is 14.8 Å². The fourth-order valence-electron chi connectivity index (χ4n) is 4.27. The van der Waals surface area contributed by atoms with Crippen molar-refractivity contribution >= 4 is 11.3 Å². The van der Waals surface area contributed by atoms with Crippen molar-refractivity contribution in [2.24, 2.45) is 0 Å². The molecule has 4 rings (SSSR count). The molecule has 2 fully saturated rings. The minimum absolute atomic E-state index is 0.107. The summed E-state index contributed by atoms with van der Waals surface area (Å²) in [6.07, 6.45) is 7.29. The molecular weight excluding hydrogens is 342 g/mol. The maximum atomic E-state index is 6.37. The Balaban J connectivity index is 1.28. The first-order chi connectivity index (χ1) is 12.6. The molecule has 1 spiro atoms. The molecule has 1 atom stereocenters. The van der Waals surface area contributed by atoms with E-state index >= 15 is 0 Å². The summed E-state index contributed by atoms with van der Waals surface area (Å²) in [6, 6.07) is 9.19. The molecule has 0 saturated carbocycles. The standard InChI is InChI=1S/C21H29N3OS/c1-17-5-6-20(26-17)15-24-10-7-21(8-11-24)12-19(16-25-21)23(2)14-18-4-3-9-22-13-18/h3-6,9,13,19H,7-8,10-12,14-16H2,1-2H3. The third-order valence-corrected chi connectivity index (χ3v) is 6.90. The largest absolute Gasteiger partial charge is 0.373 e. The van der Waals surface area contributed by atoms with Crippen LogP contribution < -0.4 is 0 Å². The molecule has 26 heavy (non-hydrogen) atoms. The topological polar surface area (TPSA) is 28.6 Å². The van der Waals surface area contributed by atoms with Gasteiger partial charge in [-0.15, -0.1) is 11.3 Å². The Bertz CT molecular complexity index is 709. The van der Waals surface area contributed by atoms with E-state index in [0.29, 0.717) is 6.04 Å². The highest BCUT2D eigenvalue weighted by Crippen LogP contribution is 2.38. The quantitative estimate of drug-likeness (QED) is 0.801. The molecule has 0 bridgehead atoms. The summed E-state index contributed by atoms with van der Waals surface area (Å²) in [5.41, 5.74) is 1.38. The number of pyridine rings is 1. The van der Waals surface area contributed by atoms with Gasteiger partial charge in [0.2, 0.25) is 0 Å². The van der Waals surface area contributed by atoms with Crippen LogP contribution in [0.4, 0.5) is 0 Å². The fraction of sp³-hybridized carbons (Fsp3) is 0.571. The number of thiophene rings is 1. The summed E-state index contributed by atoms with van der Waals surface area (Å²) in [5, 5.41) is 0. The number of piperidine rings is 1. The molecule has 4 heterocycles. The van der Waals surface area contributed by atoms with Gasteiger partial charge in [0.25, 0.3) is 0 Å². The second-order valence-electron chi connectivity index (χ2n) is 7.92. The van der Waals surface area contributed by atoms with Crippen LogP contribution in [0, 0.1) is 6.92 Å². The zero-order valence-electron chi connectivity index (χ0n) is 15.9. The van der Waals surface area contributed by atoms with Crippen molar-refractivity contribution in [2.45, 2.75) is 50.9 Å². The first-order valence-corrected chi connectivity index (χ1v) is 10.4. The van der Waals surface area contributed by atoms with Gasteiger partial charge in [-0.1, -0.05) is 6.07 Å². The Morgan fingerprint density at radius 1 is 1.31 bits per heavy atom. The van der Waals surface area contributed by atoms with Crippen molar-refractivity contribution in [3.63, 3.8) is 0 Å². The molecule has 0 aromatic carbocycles. The molecule has 2 aromatic rings. The Hall–Kier alpha value is -1.27. The lowest BCUT2D eigenvalue weighted by molar-refractivity contribution is -0.0451. The van der Waals surface area contributed by atoms with Gasteiger partial charge in [-0.3, -0.25) is 14.8 Å². The van der Waals surface area contributed by atoms with Gasteiger partial charge >= 0.3 is 0 Å². The summed E-state index contributed by atoms with van der Waals surface area (Å²) in [4.78, 5) is 12.2. The van der Waals surface area contributed by atoms with Gasteiger partial charge in [0.15, 0.2) is 0 Å². The van der Waals surface area contributed by atoms with E-state index in [0.717, 1.165) is 52.0 Å². The molecular formula is C21H29N3OS. The molecule has 2 aromatic heterocycles. The predicted molar refractivity (Wildman–Crippen MR) is 106 cm³/mol. The zero-order chi connectivity index (χ0) is 18.0. The number of hydrogen-bond donors (Lipinski definition) is 0. The van der Waals surface area contributed by atoms with Crippen molar-refractivity contribution in [1.29, 1.82) is 0 Å². The number of aryl methyl sites for hydroxylation is 1. The third-order valence-electron chi connectivity index (χ3n) is 5.91. The van der Waals surface area contributed by atoms with Crippen LogP contribution in [-0.4, -0.2) is 53.2 Å². The maximum absolute atomic E-state index is 6.37. The lowest BCUT2D eigenvalue weighted by atomic mass is 9.87. The van der Waals surface area contributed by atoms with Gasteiger partial charge in [-0.25, -0.2) is 0 Å². The van der Waals surface area contributed by atoms with Crippen molar-refractivity contribution in [3.05, 3.63) is 52.0 Å². The molecule has 0 aliphatic carbocycles. The summed E-state index contributed by atoms with van der Waals surface area (Å²) < 4.78 is 6.37. The Morgan fingerprint density at radius 2 is 2.15 bits per heavy atom. The fourth-order valence-corrected chi connectivity index (χ4v) is 5.20. The van der Waals surface area contributed by atoms with Crippen LogP contribution in [0.15, 0.2) is 36.7 Å². The molecule has 0 radical (unpaired) electrons. The molecule has 0 N–H and O–H groups in total.